The maximum atomic E-state index is 12.3. The number of aromatic nitrogens is 1. The quantitative estimate of drug-likeness (QED) is 0.374. The van der Waals surface area contributed by atoms with Crippen molar-refractivity contribution in [3.05, 3.63) is 68.5 Å². The number of aromatic carboxylic acids is 1. The van der Waals surface area contributed by atoms with E-state index in [4.69, 9.17) is 0 Å². The first-order chi connectivity index (χ1) is 17.0. The number of carboxylic acid groups (broad SMARTS) is 1. The van der Waals surface area contributed by atoms with Crippen LogP contribution in [0, 0.1) is 11.8 Å². The van der Waals surface area contributed by atoms with Crippen molar-refractivity contribution in [2.24, 2.45) is 11.8 Å². The molecule has 1 N–H and O–H groups in total. The van der Waals surface area contributed by atoms with Gasteiger partial charge in [-0.1, -0.05) is 50.1 Å². The Morgan fingerprint density at radius 1 is 1.14 bits per heavy atom. The molecule has 2 aliphatic rings. The standard InChI is InChI=1S/C29H32N2O2S2/c1-19-3-8-21(9-4-19)26-16-31(2)14-13-24(26)25-15-27(35-28(25)29(32)33)22-10-5-20(6-11-22)7-12-23-17-34-18-30-23/h5-7,10-12,15,17-19,21H,3-4,8-9,13-14,16H2,1-2H3,(H,32,33)/b12-7+. The van der Waals surface area contributed by atoms with Gasteiger partial charge in [-0.15, -0.1) is 22.7 Å². The second kappa shape index (κ2) is 10.6. The third-order valence-corrected chi connectivity index (χ3v) is 9.20. The van der Waals surface area contributed by atoms with E-state index in [0.29, 0.717) is 10.8 Å². The average Bonchev–Trinajstić information content (AvgIpc) is 3.54. The molecule has 0 saturated heterocycles. The number of hydrogen-bond donors (Lipinski definition) is 1. The van der Waals surface area contributed by atoms with Crippen molar-refractivity contribution in [2.75, 3.05) is 20.1 Å². The Morgan fingerprint density at radius 3 is 2.60 bits per heavy atom. The summed E-state index contributed by atoms with van der Waals surface area (Å²) in [5.74, 6) is 0.568. The predicted molar refractivity (Wildman–Crippen MR) is 148 cm³/mol. The fourth-order valence-corrected chi connectivity index (χ4v) is 6.93. The lowest BCUT2D eigenvalue weighted by molar-refractivity contribution is 0.0702. The van der Waals surface area contributed by atoms with Crippen LogP contribution in [0.3, 0.4) is 0 Å². The van der Waals surface area contributed by atoms with Crippen molar-refractivity contribution >= 4 is 46.4 Å². The maximum Gasteiger partial charge on any atom is 0.346 e. The van der Waals surface area contributed by atoms with Gasteiger partial charge in [0.25, 0.3) is 0 Å². The third kappa shape index (κ3) is 5.50. The number of thiophene rings is 1. The van der Waals surface area contributed by atoms with Gasteiger partial charge in [0.1, 0.15) is 4.88 Å². The molecule has 1 aromatic carbocycles. The van der Waals surface area contributed by atoms with E-state index >= 15 is 0 Å². The zero-order chi connectivity index (χ0) is 24.4. The minimum atomic E-state index is -0.817. The van der Waals surface area contributed by atoms with Crippen LogP contribution in [0.4, 0.5) is 0 Å². The molecular formula is C29H32N2O2S2. The van der Waals surface area contributed by atoms with E-state index in [-0.39, 0.29) is 0 Å². The molecule has 1 aliphatic heterocycles. The van der Waals surface area contributed by atoms with Crippen molar-refractivity contribution in [2.45, 2.75) is 39.0 Å². The lowest BCUT2D eigenvalue weighted by atomic mass is 9.75. The van der Waals surface area contributed by atoms with Crippen molar-refractivity contribution in [3.8, 4) is 10.4 Å². The van der Waals surface area contributed by atoms with E-state index in [1.54, 1.807) is 11.3 Å². The van der Waals surface area contributed by atoms with Crippen molar-refractivity contribution in [3.63, 3.8) is 0 Å². The summed E-state index contributed by atoms with van der Waals surface area (Å²) in [5.41, 5.74) is 8.69. The molecule has 6 heteroatoms. The van der Waals surface area contributed by atoms with Crippen LogP contribution in [0.5, 0.6) is 0 Å². The lowest BCUT2D eigenvalue weighted by Gasteiger charge is -2.35. The summed E-state index contributed by atoms with van der Waals surface area (Å²) < 4.78 is 0. The molecular weight excluding hydrogens is 472 g/mol. The van der Waals surface area contributed by atoms with Gasteiger partial charge in [0.2, 0.25) is 0 Å². The Kier molecular flexibility index (Phi) is 7.32. The van der Waals surface area contributed by atoms with Crippen molar-refractivity contribution in [1.29, 1.82) is 0 Å². The van der Waals surface area contributed by atoms with Gasteiger partial charge in [0, 0.05) is 28.9 Å². The molecule has 0 bridgehead atoms. The maximum absolute atomic E-state index is 12.3. The molecule has 1 fully saturated rings. The number of thiazole rings is 1. The summed E-state index contributed by atoms with van der Waals surface area (Å²) in [5, 5.41) is 12.1. The summed E-state index contributed by atoms with van der Waals surface area (Å²) in [6.45, 7) is 4.29. The van der Waals surface area contributed by atoms with Gasteiger partial charge >= 0.3 is 5.97 Å². The van der Waals surface area contributed by atoms with Crippen LogP contribution in [0.15, 0.2) is 46.8 Å². The van der Waals surface area contributed by atoms with Crippen LogP contribution >= 0.6 is 22.7 Å². The van der Waals surface area contributed by atoms with Crippen molar-refractivity contribution in [1.82, 2.24) is 9.88 Å². The first kappa shape index (κ1) is 24.2. The first-order valence-corrected chi connectivity index (χ1v) is 14.2. The molecule has 3 aromatic rings. The van der Waals surface area contributed by atoms with Gasteiger partial charge in [0.05, 0.1) is 11.2 Å². The van der Waals surface area contributed by atoms with Crippen LogP contribution in [0.1, 0.15) is 65.5 Å². The molecule has 0 atom stereocenters. The SMILES string of the molecule is CC1CCC(C2=C(c3cc(-c4ccc(/C=C/c5cscn5)cc4)sc3C(=O)O)CCN(C)C2)CC1. The minimum Gasteiger partial charge on any atom is -0.477 e. The number of carboxylic acids is 1. The summed E-state index contributed by atoms with van der Waals surface area (Å²) in [4.78, 5) is 20.5. The summed E-state index contributed by atoms with van der Waals surface area (Å²) in [6.07, 6.45) is 9.99. The zero-order valence-electron chi connectivity index (χ0n) is 20.4. The van der Waals surface area contributed by atoms with Crippen molar-refractivity contribution < 1.29 is 9.90 Å². The van der Waals surface area contributed by atoms with Gasteiger partial charge in [-0.05, 0) is 72.6 Å². The topological polar surface area (TPSA) is 53.4 Å². The Labute approximate surface area is 215 Å². The van der Waals surface area contributed by atoms with E-state index < -0.39 is 5.97 Å². The van der Waals surface area contributed by atoms with E-state index in [1.165, 1.54) is 48.2 Å². The number of benzene rings is 1. The third-order valence-electron chi connectivity index (χ3n) is 7.42. The van der Waals surface area contributed by atoms with E-state index in [1.807, 2.05) is 17.0 Å². The summed E-state index contributed by atoms with van der Waals surface area (Å²) in [6, 6.07) is 10.5. The molecule has 5 rings (SSSR count). The number of hydrogen-bond acceptors (Lipinski definition) is 5. The smallest absolute Gasteiger partial charge is 0.346 e. The molecule has 4 nitrogen and oxygen atoms in total. The zero-order valence-corrected chi connectivity index (χ0v) is 22.0. The second-order valence-corrected chi connectivity index (χ2v) is 11.7. The molecule has 0 amide bonds. The molecule has 182 valence electrons. The molecule has 1 aliphatic carbocycles. The monoisotopic (exact) mass is 504 g/mol. The summed E-state index contributed by atoms with van der Waals surface area (Å²) in [7, 11) is 2.18. The van der Waals surface area contributed by atoms with Crippen LogP contribution in [-0.2, 0) is 0 Å². The Morgan fingerprint density at radius 2 is 1.91 bits per heavy atom. The number of carbonyl (C=O) groups is 1. The van der Waals surface area contributed by atoms with Gasteiger partial charge in [-0.2, -0.15) is 0 Å². The number of likely N-dealkylation sites (N-methyl/N-ethyl adjacent to an activating group) is 1. The highest BCUT2D eigenvalue weighted by molar-refractivity contribution is 7.17. The molecule has 0 radical (unpaired) electrons. The molecule has 3 heterocycles. The summed E-state index contributed by atoms with van der Waals surface area (Å²) >= 11 is 2.99. The highest BCUT2D eigenvalue weighted by Gasteiger charge is 2.30. The van der Waals surface area contributed by atoms with Crippen LogP contribution in [-0.4, -0.2) is 41.1 Å². The van der Waals surface area contributed by atoms with Crippen LogP contribution < -0.4 is 0 Å². The Bertz CT molecular complexity index is 1230. The normalized spacial score (nSPS) is 21.7. The van der Waals surface area contributed by atoms with Crippen LogP contribution in [0.25, 0.3) is 28.2 Å². The molecule has 1 saturated carbocycles. The fourth-order valence-electron chi connectivity index (χ4n) is 5.38. The Hall–Kier alpha value is -2.54. The van der Waals surface area contributed by atoms with Gasteiger partial charge in [0.15, 0.2) is 0 Å². The second-order valence-electron chi connectivity index (χ2n) is 9.98. The van der Waals surface area contributed by atoms with Gasteiger partial charge < -0.3 is 10.0 Å². The highest BCUT2D eigenvalue weighted by Crippen LogP contribution is 2.43. The Balaban J connectivity index is 1.47. The predicted octanol–water partition coefficient (Wildman–Crippen LogP) is 7.66. The minimum absolute atomic E-state index is 0.480. The van der Waals surface area contributed by atoms with E-state index in [2.05, 4.69) is 60.3 Å². The molecule has 35 heavy (non-hydrogen) atoms. The first-order valence-electron chi connectivity index (χ1n) is 12.4. The van der Waals surface area contributed by atoms with E-state index in [9.17, 15) is 9.90 Å². The van der Waals surface area contributed by atoms with E-state index in [0.717, 1.165) is 52.7 Å². The molecule has 0 unspecified atom stereocenters. The van der Waals surface area contributed by atoms with Gasteiger partial charge in [-0.3, -0.25) is 0 Å². The highest BCUT2D eigenvalue weighted by atomic mass is 32.1. The largest absolute Gasteiger partial charge is 0.477 e. The molecule has 2 aromatic heterocycles. The fraction of sp³-hybridized carbons (Fsp3) is 0.379. The molecule has 0 spiro atoms. The lowest BCUT2D eigenvalue weighted by Crippen LogP contribution is -2.31. The van der Waals surface area contributed by atoms with Crippen LogP contribution in [0.2, 0.25) is 0 Å². The van der Waals surface area contributed by atoms with Gasteiger partial charge in [-0.25, -0.2) is 9.78 Å². The number of nitrogens with zero attached hydrogens (tertiary/aromatic N) is 2. The number of rotatable bonds is 6. The average molecular weight is 505 g/mol.